The van der Waals surface area contributed by atoms with Crippen molar-refractivity contribution in [2.45, 2.75) is 13.8 Å². The van der Waals surface area contributed by atoms with Gasteiger partial charge in [-0.05, 0) is 43.7 Å². The lowest BCUT2D eigenvalue weighted by Crippen LogP contribution is -2.09. The number of rotatable bonds is 7. The number of para-hydroxylation sites is 1. The van der Waals surface area contributed by atoms with E-state index >= 15 is 0 Å². The molecule has 8 nitrogen and oxygen atoms in total. The second-order valence-electron chi connectivity index (χ2n) is 8.05. The summed E-state index contributed by atoms with van der Waals surface area (Å²) in [4.78, 5) is 22.8. The maximum atomic E-state index is 13.6. The van der Waals surface area contributed by atoms with E-state index in [0.717, 1.165) is 34.2 Å². The van der Waals surface area contributed by atoms with Crippen LogP contribution in [0.2, 0.25) is 0 Å². The van der Waals surface area contributed by atoms with Gasteiger partial charge in [-0.15, -0.1) is 0 Å². The Labute approximate surface area is 206 Å². The summed E-state index contributed by atoms with van der Waals surface area (Å²) in [7, 11) is 3.13. The van der Waals surface area contributed by atoms with Gasteiger partial charge >= 0.3 is 5.69 Å². The van der Waals surface area contributed by atoms with E-state index in [0.29, 0.717) is 28.2 Å². The third-order valence-electron chi connectivity index (χ3n) is 5.83. The number of furan rings is 1. The number of halogens is 1. The molecule has 0 atom stereocenters. The summed E-state index contributed by atoms with van der Waals surface area (Å²) >= 11 is 0. The lowest BCUT2D eigenvalue weighted by atomic mass is 9.96. The number of hydrogen-bond donors (Lipinski definition) is 1. The maximum absolute atomic E-state index is 13.6. The summed E-state index contributed by atoms with van der Waals surface area (Å²) in [5.41, 5.74) is 3.71. The average Bonchev–Trinajstić information content (AvgIpc) is 3.29. The average molecular weight is 490 g/mol. The first-order chi connectivity index (χ1) is 17.2. The maximum Gasteiger partial charge on any atom is 0.306 e. The van der Waals surface area contributed by atoms with Crippen molar-refractivity contribution in [3.63, 3.8) is 0 Å². The number of carbonyl (C=O) groups is 1. The third-order valence-corrected chi connectivity index (χ3v) is 5.83. The van der Waals surface area contributed by atoms with Crippen LogP contribution in [0.15, 0.2) is 65.3 Å². The number of nitrogens with zero attached hydrogens (tertiary/aromatic N) is 1. The Kier molecular flexibility index (Phi) is 6.73. The van der Waals surface area contributed by atoms with Gasteiger partial charge in [0.1, 0.15) is 17.1 Å². The number of hydrogen-bond acceptors (Lipinski definition) is 6. The Hall–Kier alpha value is -4.66. The van der Waals surface area contributed by atoms with Crippen molar-refractivity contribution in [1.29, 1.82) is 0 Å². The topological polar surface area (TPSA) is 104 Å². The lowest BCUT2D eigenvalue weighted by molar-refractivity contribution is -0.387. The van der Waals surface area contributed by atoms with Gasteiger partial charge in [-0.25, -0.2) is 0 Å². The molecule has 0 aliphatic rings. The van der Waals surface area contributed by atoms with Gasteiger partial charge in [0.05, 0.1) is 25.4 Å². The zero-order valence-corrected chi connectivity index (χ0v) is 20.0. The van der Waals surface area contributed by atoms with Gasteiger partial charge in [-0.1, -0.05) is 18.2 Å². The number of carbonyl (C=O) groups excluding carboxylic acids is 1. The van der Waals surface area contributed by atoms with Crippen LogP contribution in [-0.2, 0) is 4.79 Å². The number of nitro groups is 1. The minimum atomic E-state index is -0.982. The van der Waals surface area contributed by atoms with Crippen LogP contribution in [0.4, 0.5) is 15.8 Å². The summed E-state index contributed by atoms with van der Waals surface area (Å²) < 4.78 is 30.7. The molecule has 3 aromatic carbocycles. The van der Waals surface area contributed by atoms with E-state index in [1.165, 1.54) is 19.3 Å². The quantitative estimate of drug-likeness (QED) is 0.180. The normalized spacial score (nSPS) is 11.4. The molecule has 0 aliphatic heterocycles. The molecule has 0 fully saturated rings. The lowest BCUT2D eigenvalue weighted by Gasteiger charge is -2.14. The zero-order valence-electron chi connectivity index (χ0n) is 20.0. The number of nitrogens with one attached hydrogen (secondary N) is 1. The standard InChI is InChI=1S/C27H23FN2O6/c1-15(11-25(31)29-17-9-10-22(28)23(12-17)30(32)33)19-13-20-21(18-7-5-6-8-24(18)34-3)14-36-27(20)16(2)26(19)35-4/h5-14H,1-4H3,(H,29,31)/b15-11+. The van der Waals surface area contributed by atoms with Crippen LogP contribution in [0.25, 0.3) is 27.7 Å². The highest BCUT2D eigenvalue weighted by Crippen LogP contribution is 2.42. The Morgan fingerprint density at radius 3 is 2.56 bits per heavy atom. The molecule has 1 heterocycles. The van der Waals surface area contributed by atoms with Crippen molar-refractivity contribution < 1.29 is 28.0 Å². The van der Waals surface area contributed by atoms with Crippen LogP contribution in [0, 0.1) is 22.9 Å². The summed E-state index contributed by atoms with van der Waals surface area (Å²) in [5.74, 6) is -0.285. The van der Waals surface area contributed by atoms with Gasteiger partial charge in [0.25, 0.3) is 0 Å². The van der Waals surface area contributed by atoms with Gasteiger partial charge in [0.15, 0.2) is 0 Å². The number of anilines is 1. The molecule has 0 saturated carbocycles. The molecular weight excluding hydrogens is 467 g/mol. The number of ether oxygens (including phenoxy) is 2. The summed E-state index contributed by atoms with van der Waals surface area (Å²) in [6.07, 6.45) is 3.01. The van der Waals surface area contributed by atoms with Crippen LogP contribution in [0.1, 0.15) is 18.1 Å². The molecule has 0 saturated heterocycles. The van der Waals surface area contributed by atoms with E-state index in [4.69, 9.17) is 13.9 Å². The molecule has 9 heteroatoms. The van der Waals surface area contributed by atoms with Crippen LogP contribution in [-0.4, -0.2) is 25.1 Å². The molecule has 0 bridgehead atoms. The highest BCUT2D eigenvalue weighted by Gasteiger charge is 2.20. The van der Waals surface area contributed by atoms with Crippen LogP contribution < -0.4 is 14.8 Å². The van der Waals surface area contributed by atoms with Crippen molar-refractivity contribution in [2.24, 2.45) is 0 Å². The van der Waals surface area contributed by atoms with Crippen molar-refractivity contribution in [3.8, 4) is 22.6 Å². The molecule has 0 aliphatic carbocycles. The number of methoxy groups -OCH3 is 2. The van der Waals surface area contributed by atoms with E-state index in [1.807, 2.05) is 37.3 Å². The van der Waals surface area contributed by atoms with Crippen molar-refractivity contribution >= 4 is 33.8 Å². The first-order valence-corrected chi connectivity index (χ1v) is 10.9. The molecule has 1 N–H and O–H groups in total. The minimum absolute atomic E-state index is 0.101. The third kappa shape index (κ3) is 4.50. The second-order valence-corrected chi connectivity index (χ2v) is 8.05. The molecular formula is C27H23FN2O6. The summed E-state index contributed by atoms with van der Waals surface area (Å²) in [5, 5.41) is 14.3. The van der Waals surface area contributed by atoms with E-state index in [2.05, 4.69) is 5.32 Å². The van der Waals surface area contributed by atoms with E-state index in [1.54, 1.807) is 20.3 Å². The van der Waals surface area contributed by atoms with E-state index < -0.39 is 22.3 Å². The monoisotopic (exact) mass is 490 g/mol. The Morgan fingerprint density at radius 1 is 1.11 bits per heavy atom. The highest BCUT2D eigenvalue weighted by molar-refractivity contribution is 6.06. The Bertz CT molecular complexity index is 1520. The fourth-order valence-corrected chi connectivity index (χ4v) is 4.13. The largest absolute Gasteiger partial charge is 0.496 e. The van der Waals surface area contributed by atoms with Crippen LogP contribution in [0.3, 0.4) is 0 Å². The smallest absolute Gasteiger partial charge is 0.306 e. The number of benzene rings is 3. The minimum Gasteiger partial charge on any atom is -0.496 e. The second kappa shape index (κ2) is 9.91. The van der Waals surface area contributed by atoms with Crippen molar-refractivity contribution in [2.75, 3.05) is 19.5 Å². The molecule has 36 heavy (non-hydrogen) atoms. The SMILES string of the molecule is COc1ccccc1-c1coc2c(C)c(OC)c(/C(C)=C/C(=O)Nc3ccc(F)c([N+](=O)[O-])c3)cc12. The first kappa shape index (κ1) is 24.5. The molecule has 184 valence electrons. The number of nitro benzene ring substituents is 1. The van der Waals surface area contributed by atoms with E-state index in [9.17, 15) is 19.3 Å². The molecule has 1 amide bonds. The Balaban J connectivity index is 1.75. The van der Waals surface area contributed by atoms with Crippen LogP contribution in [0.5, 0.6) is 11.5 Å². The fraction of sp³-hybridized carbons (Fsp3) is 0.148. The van der Waals surface area contributed by atoms with Gasteiger partial charge in [-0.3, -0.25) is 14.9 Å². The molecule has 0 spiro atoms. The molecule has 4 aromatic rings. The van der Waals surface area contributed by atoms with Crippen LogP contribution >= 0.6 is 0 Å². The summed E-state index contributed by atoms with van der Waals surface area (Å²) in [6, 6.07) is 12.6. The van der Waals surface area contributed by atoms with E-state index in [-0.39, 0.29) is 5.69 Å². The number of aryl methyl sites for hydroxylation is 1. The fourth-order valence-electron chi connectivity index (χ4n) is 4.13. The number of allylic oxidation sites excluding steroid dienone is 1. The number of fused-ring (bicyclic) bond motifs is 1. The first-order valence-electron chi connectivity index (χ1n) is 10.9. The molecule has 0 unspecified atom stereocenters. The zero-order chi connectivity index (χ0) is 26.0. The van der Waals surface area contributed by atoms with Gasteiger partial charge < -0.3 is 19.2 Å². The Morgan fingerprint density at radius 2 is 1.86 bits per heavy atom. The van der Waals surface area contributed by atoms with Gasteiger partial charge in [0.2, 0.25) is 11.7 Å². The molecule has 1 aromatic heterocycles. The predicted molar refractivity (Wildman–Crippen MR) is 135 cm³/mol. The summed E-state index contributed by atoms with van der Waals surface area (Å²) in [6.45, 7) is 3.61. The predicted octanol–water partition coefficient (Wildman–Crippen LogP) is 6.51. The molecule has 0 radical (unpaired) electrons. The van der Waals surface area contributed by atoms with Gasteiger partial charge in [0, 0.05) is 45.5 Å². The number of amides is 1. The highest BCUT2D eigenvalue weighted by atomic mass is 19.1. The van der Waals surface area contributed by atoms with Gasteiger partial charge in [-0.2, -0.15) is 4.39 Å². The van der Waals surface area contributed by atoms with Crippen molar-refractivity contribution in [1.82, 2.24) is 0 Å². The van der Waals surface area contributed by atoms with Crippen molar-refractivity contribution in [3.05, 3.63) is 87.9 Å². The molecule has 4 rings (SSSR count).